The standard InChI is InChI=1S/C15H18N2O2/c1-3-11(2)10-19-15-9-16-14(8-17-15)12-4-6-13(18)7-5-12/h4-9,11,18H,3,10H2,1-2H3/t11-/m0/s1. The molecule has 0 saturated heterocycles. The summed E-state index contributed by atoms with van der Waals surface area (Å²) >= 11 is 0. The molecule has 1 heterocycles. The van der Waals surface area contributed by atoms with Gasteiger partial charge in [-0.15, -0.1) is 0 Å². The van der Waals surface area contributed by atoms with Gasteiger partial charge < -0.3 is 9.84 Å². The van der Waals surface area contributed by atoms with Crippen LogP contribution in [0.2, 0.25) is 0 Å². The summed E-state index contributed by atoms with van der Waals surface area (Å²) in [6, 6.07) is 6.87. The van der Waals surface area contributed by atoms with Gasteiger partial charge in [0.2, 0.25) is 5.88 Å². The Labute approximate surface area is 113 Å². The molecular weight excluding hydrogens is 240 g/mol. The van der Waals surface area contributed by atoms with Gasteiger partial charge in [0.05, 0.1) is 24.7 Å². The quantitative estimate of drug-likeness (QED) is 0.894. The first-order chi connectivity index (χ1) is 9.19. The van der Waals surface area contributed by atoms with Crippen molar-refractivity contribution < 1.29 is 9.84 Å². The Morgan fingerprint density at radius 1 is 1.16 bits per heavy atom. The highest BCUT2D eigenvalue weighted by Crippen LogP contribution is 2.20. The van der Waals surface area contributed by atoms with Gasteiger partial charge in [-0.05, 0) is 30.2 Å². The maximum Gasteiger partial charge on any atom is 0.232 e. The lowest BCUT2D eigenvalue weighted by Crippen LogP contribution is -2.08. The predicted molar refractivity (Wildman–Crippen MR) is 74.1 cm³/mol. The number of ether oxygens (including phenoxy) is 1. The number of aromatic nitrogens is 2. The first-order valence-corrected chi connectivity index (χ1v) is 6.43. The number of aromatic hydroxyl groups is 1. The zero-order valence-electron chi connectivity index (χ0n) is 11.2. The molecule has 0 amide bonds. The molecule has 0 saturated carbocycles. The second kappa shape index (κ2) is 6.18. The lowest BCUT2D eigenvalue weighted by Gasteiger charge is -2.09. The van der Waals surface area contributed by atoms with Crippen molar-refractivity contribution in [1.29, 1.82) is 0 Å². The molecule has 0 unspecified atom stereocenters. The maximum atomic E-state index is 9.24. The van der Waals surface area contributed by atoms with Gasteiger partial charge in [0.25, 0.3) is 0 Å². The highest BCUT2D eigenvalue weighted by atomic mass is 16.5. The van der Waals surface area contributed by atoms with Crippen LogP contribution in [0.5, 0.6) is 11.6 Å². The number of nitrogens with zero attached hydrogens (tertiary/aromatic N) is 2. The monoisotopic (exact) mass is 258 g/mol. The molecule has 0 radical (unpaired) electrons. The van der Waals surface area contributed by atoms with Crippen molar-refractivity contribution >= 4 is 0 Å². The third-order valence-corrected chi connectivity index (χ3v) is 3.00. The van der Waals surface area contributed by atoms with E-state index in [1.54, 1.807) is 36.7 Å². The SMILES string of the molecule is CC[C@H](C)COc1cnc(-c2ccc(O)cc2)cn1. The first kappa shape index (κ1) is 13.3. The third kappa shape index (κ3) is 3.68. The Morgan fingerprint density at radius 2 is 1.89 bits per heavy atom. The molecule has 1 aromatic heterocycles. The number of benzene rings is 1. The molecule has 2 aromatic rings. The van der Waals surface area contributed by atoms with Crippen molar-refractivity contribution in [3.8, 4) is 22.9 Å². The van der Waals surface area contributed by atoms with Crippen LogP contribution in [0.4, 0.5) is 0 Å². The summed E-state index contributed by atoms with van der Waals surface area (Å²) in [6.45, 7) is 4.93. The van der Waals surface area contributed by atoms with E-state index in [9.17, 15) is 5.11 Å². The predicted octanol–water partition coefficient (Wildman–Crippen LogP) is 3.27. The van der Waals surface area contributed by atoms with Crippen molar-refractivity contribution in [2.45, 2.75) is 20.3 Å². The minimum Gasteiger partial charge on any atom is -0.508 e. The van der Waals surface area contributed by atoms with Crippen molar-refractivity contribution in [3.63, 3.8) is 0 Å². The van der Waals surface area contributed by atoms with Crippen molar-refractivity contribution in [2.75, 3.05) is 6.61 Å². The van der Waals surface area contributed by atoms with Crippen LogP contribution in [0, 0.1) is 5.92 Å². The van der Waals surface area contributed by atoms with E-state index >= 15 is 0 Å². The molecule has 1 N–H and O–H groups in total. The average molecular weight is 258 g/mol. The summed E-state index contributed by atoms with van der Waals surface area (Å²) in [5.41, 5.74) is 1.68. The van der Waals surface area contributed by atoms with E-state index in [1.807, 2.05) is 0 Å². The summed E-state index contributed by atoms with van der Waals surface area (Å²) in [6.07, 6.45) is 4.39. The fraction of sp³-hybridized carbons (Fsp3) is 0.333. The van der Waals surface area contributed by atoms with Crippen LogP contribution in [0.25, 0.3) is 11.3 Å². The lowest BCUT2D eigenvalue weighted by atomic mass is 10.1. The van der Waals surface area contributed by atoms with Gasteiger partial charge >= 0.3 is 0 Å². The largest absolute Gasteiger partial charge is 0.508 e. The van der Waals surface area contributed by atoms with Crippen molar-refractivity contribution in [1.82, 2.24) is 9.97 Å². The Bertz CT molecular complexity index is 509. The van der Waals surface area contributed by atoms with Gasteiger partial charge in [0.15, 0.2) is 0 Å². The van der Waals surface area contributed by atoms with Gasteiger partial charge in [-0.1, -0.05) is 20.3 Å². The maximum absolute atomic E-state index is 9.24. The first-order valence-electron chi connectivity index (χ1n) is 6.43. The zero-order chi connectivity index (χ0) is 13.7. The number of hydrogen-bond acceptors (Lipinski definition) is 4. The minimum absolute atomic E-state index is 0.241. The topological polar surface area (TPSA) is 55.2 Å². The normalized spacial score (nSPS) is 12.1. The second-order valence-corrected chi connectivity index (χ2v) is 4.61. The van der Waals surface area contributed by atoms with Gasteiger partial charge in [-0.25, -0.2) is 9.97 Å². The molecule has 0 fully saturated rings. The summed E-state index contributed by atoms with van der Waals surface area (Å²) in [4.78, 5) is 8.55. The van der Waals surface area contributed by atoms with E-state index in [4.69, 9.17) is 4.74 Å². The number of phenols is 1. The third-order valence-electron chi connectivity index (χ3n) is 3.00. The fourth-order valence-electron chi connectivity index (χ4n) is 1.52. The van der Waals surface area contributed by atoms with Gasteiger partial charge in [-0.2, -0.15) is 0 Å². The minimum atomic E-state index is 0.241. The smallest absolute Gasteiger partial charge is 0.232 e. The van der Waals surface area contributed by atoms with Crippen LogP contribution in [-0.4, -0.2) is 21.7 Å². The molecule has 4 heteroatoms. The van der Waals surface area contributed by atoms with Crippen LogP contribution < -0.4 is 4.74 Å². The lowest BCUT2D eigenvalue weighted by molar-refractivity contribution is 0.247. The molecule has 1 atom stereocenters. The van der Waals surface area contributed by atoms with Crippen molar-refractivity contribution in [3.05, 3.63) is 36.7 Å². The Hall–Kier alpha value is -2.10. The molecule has 0 spiro atoms. The Morgan fingerprint density at radius 3 is 2.47 bits per heavy atom. The van der Waals surface area contributed by atoms with Crippen LogP contribution >= 0.6 is 0 Å². The molecule has 0 aliphatic carbocycles. The van der Waals surface area contributed by atoms with E-state index < -0.39 is 0 Å². The van der Waals surface area contributed by atoms with Gasteiger partial charge in [-0.3, -0.25) is 0 Å². The number of phenolic OH excluding ortho intramolecular Hbond substituents is 1. The van der Waals surface area contributed by atoms with E-state index in [0.717, 1.165) is 17.7 Å². The Balaban J connectivity index is 2.04. The van der Waals surface area contributed by atoms with E-state index in [-0.39, 0.29) is 5.75 Å². The molecule has 0 bridgehead atoms. The molecule has 1 aromatic carbocycles. The van der Waals surface area contributed by atoms with E-state index in [2.05, 4.69) is 23.8 Å². The highest BCUT2D eigenvalue weighted by Gasteiger charge is 2.04. The fourth-order valence-corrected chi connectivity index (χ4v) is 1.52. The summed E-state index contributed by atoms with van der Waals surface area (Å²) in [5.74, 6) is 1.30. The molecule has 4 nitrogen and oxygen atoms in total. The second-order valence-electron chi connectivity index (χ2n) is 4.61. The summed E-state index contributed by atoms with van der Waals surface area (Å²) in [7, 11) is 0. The average Bonchev–Trinajstić information content (AvgIpc) is 2.46. The van der Waals surface area contributed by atoms with Gasteiger partial charge in [0.1, 0.15) is 5.75 Å². The molecule has 2 rings (SSSR count). The molecule has 0 aliphatic heterocycles. The van der Waals surface area contributed by atoms with Crippen LogP contribution in [0.3, 0.4) is 0 Å². The zero-order valence-corrected chi connectivity index (χ0v) is 11.2. The molecule has 0 aliphatic rings. The van der Waals surface area contributed by atoms with Crippen LogP contribution in [0.1, 0.15) is 20.3 Å². The summed E-state index contributed by atoms with van der Waals surface area (Å²) in [5, 5.41) is 9.24. The number of rotatable bonds is 5. The van der Waals surface area contributed by atoms with E-state index in [1.165, 1.54) is 0 Å². The van der Waals surface area contributed by atoms with Gasteiger partial charge in [0, 0.05) is 5.56 Å². The molecule has 100 valence electrons. The van der Waals surface area contributed by atoms with Crippen molar-refractivity contribution in [2.24, 2.45) is 5.92 Å². The molecular formula is C15H18N2O2. The highest BCUT2D eigenvalue weighted by molar-refractivity contribution is 5.58. The molecule has 19 heavy (non-hydrogen) atoms. The summed E-state index contributed by atoms with van der Waals surface area (Å²) < 4.78 is 5.56. The van der Waals surface area contributed by atoms with Crippen LogP contribution in [-0.2, 0) is 0 Å². The van der Waals surface area contributed by atoms with Crippen LogP contribution in [0.15, 0.2) is 36.7 Å². The van der Waals surface area contributed by atoms with E-state index in [0.29, 0.717) is 18.4 Å². The number of hydrogen-bond donors (Lipinski definition) is 1. The Kier molecular flexibility index (Phi) is 4.34.